The number of aliphatic carboxylic acids is 2. The molecule has 0 bridgehead atoms. The van der Waals surface area contributed by atoms with Gasteiger partial charge in [-0.3, -0.25) is 4.79 Å². The Labute approximate surface area is 233 Å². The highest BCUT2D eigenvalue weighted by atomic mass is 35.5. The molecule has 9 nitrogen and oxygen atoms in total. The van der Waals surface area contributed by atoms with Crippen LogP contribution in [0.25, 0.3) is 22.8 Å². The minimum absolute atomic E-state index is 0.0299. The second-order valence-corrected chi connectivity index (χ2v) is 9.79. The summed E-state index contributed by atoms with van der Waals surface area (Å²) >= 11 is 6.37. The molecule has 1 aliphatic heterocycles. The fourth-order valence-corrected chi connectivity index (χ4v) is 4.53. The quantitative estimate of drug-likeness (QED) is 0.282. The molecule has 0 fully saturated rings. The Balaban J connectivity index is 0.000000559. The monoisotopic (exact) mass is 583 g/mol. The fourth-order valence-electron chi connectivity index (χ4n) is 4.31. The van der Waals surface area contributed by atoms with Gasteiger partial charge in [0.05, 0.1) is 11.1 Å². The van der Waals surface area contributed by atoms with E-state index in [0.29, 0.717) is 28.9 Å². The highest BCUT2D eigenvalue weighted by Crippen LogP contribution is 2.35. The molecular formula is C27H29ClF3N3O6. The Kier molecular flexibility index (Phi) is 10.2. The molecule has 0 saturated carbocycles. The first-order valence-corrected chi connectivity index (χ1v) is 12.8. The van der Waals surface area contributed by atoms with Crippen molar-refractivity contribution in [1.82, 2.24) is 15.5 Å². The lowest BCUT2D eigenvalue weighted by molar-refractivity contribution is -0.192. The van der Waals surface area contributed by atoms with E-state index in [1.807, 2.05) is 32.0 Å². The zero-order valence-electron chi connectivity index (χ0n) is 22.0. The van der Waals surface area contributed by atoms with Crippen LogP contribution in [0.2, 0.25) is 5.02 Å². The third-order valence-electron chi connectivity index (χ3n) is 6.11. The molecule has 216 valence electrons. The van der Waals surface area contributed by atoms with Gasteiger partial charge in [0.25, 0.3) is 5.89 Å². The van der Waals surface area contributed by atoms with E-state index in [1.54, 1.807) is 6.07 Å². The van der Waals surface area contributed by atoms with Gasteiger partial charge >= 0.3 is 18.1 Å². The van der Waals surface area contributed by atoms with Gasteiger partial charge in [-0.15, -0.1) is 0 Å². The SMILES string of the molecule is Cc1c(-c2noc(-c3ccc(OC(C)C)c(Cl)c3)n2)ccc2c1CCNC2CCCC(=O)O.O=C(O)C(F)(F)F. The summed E-state index contributed by atoms with van der Waals surface area (Å²) in [6.45, 7) is 6.84. The summed E-state index contributed by atoms with van der Waals surface area (Å²) in [5, 5.41) is 24.3. The third-order valence-corrected chi connectivity index (χ3v) is 6.41. The number of nitrogens with zero attached hydrogens (tertiary/aromatic N) is 2. The summed E-state index contributed by atoms with van der Waals surface area (Å²) in [4.78, 5) is 24.4. The van der Waals surface area contributed by atoms with Crippen LogP contribution in [0.15, 0.2) is 34.9 Å². The zero-order chi connectivity index (χ0) is 29.6. The zero-order valence-corrected chi connectivity index (χ0v) is 22.8. The number of ether oxygens (including phenoxy) is 1. The van der Waals surface area contributed by atoms with Crippen molar-refractivity contribution in [3.8, 4) is 28.6 Å². The lowest BCUT2D eigenvalue weighted by Crippen LogP contribution is -2.30. The second-order valence-electron chi connectivity index (χ2n) is 9.39. The molecule has 0 aliphatic carbocycles. The maximum Gasteiger partial charge on any atom is 0.490 e. The number of fused-ring (bicyclic) bond motifs is 1. The van der Waals surface area contributed by atoms with E-state index in [4.69, 9.17) is 35.9 Å². The van der Waals surface area contributed by atoms with Crippen LogP contribution in [0.1, 0.15) is 55.8 Å². The number of aromatic nitrogens is 2. The van der Waals surface area contributed by atoms with Crippen molar-refractivity contribution < 1.29 is 42.2 Å². The number of carboxylic acid groups (broad SMARTS) is 2. The number of alkyl halides is 3. The van der Waals surface area contributed by atoms with Crippen LogP contribution in [0, 0.1) is 6.92 Å². The molecule has 1 aliphatic rings. The van der Waals surface area contributed by atoms with Crippen LogP contribution >= 0.6 is 11.6 Å². The highest BCUT2D eigenvalue weighted by Gasteiger charge is 2.38. The number of carbonyl (C=O) groups is 2. The van der Waals surface area contributed by atoms with Crippen LogP contribution in [-0.2, 0) is 16.0 Å². The van der Waals surface area contributed by atoms with E-state index in [2.05, 4.69) is 28.4 Å². The fraction of sp³-hybridized carbons (Fsp3) is 0.407. The van der Waals surface area contributed by atoms with Crippen molar-refractivity contribution in [3.05, 3.63) is 52.0 Å². The summed E-state index contributed by atoms with van der Waals surface area (Å²) in [5.74, 6) is -1.97. The molecule has 40 heavy (non-hydrogen) atoms. The number of hydrogen-bond acceptors (Lipinski definition) is 7. The summed E-state index contributed by atoms with van der Waals surface area (Å²) in [6, 6.07) is 9.71. The molecule has 2 aromatic carbocycles. The van der Waals surface area contributed by atoms with Gasteiger partial charge in [-0.1, -0.05) is 28.9 Å². The van der Waals surface area contributed by atoms with E-state index < -0.39 is 18.1 Å². The molecule has 3 N–H and O–H groups in total. The molecule has 1 aromatic heterocycles. The molecule has 13 heteroatoms. The van der Waals surface area contributed by atoms with E-state index in [1.165, 1.54) is 11.1 Å². The number of nitrogens with one attached hydrogen (secondary N) is 1. The Morgan fingerprint density at radius 3 is 2.52 bits per heavy atom. The van der Waals surface area contributed by atoms with E-state index >= 15 is 0 Å². The molecule has 3 aromatic rings. The molecule has 0 amide bonds. The van der Waals surface area contributed by atoms with Crippen molar-refractivity contribution in [2.24, 2.45) is 0 Å². The smallest absolute Gasteiger partial charge is 0.489 e. The predicted octanol–water partition coefficient (Wildman–Crippen LogP) is 6.23. The molecule has 4 rings (SSSR count). The summed E-state index contributed by atoms with van der Waals surface area (Å²) < 4.78 is 43.0. The average Bonchev–Trinajstić information content (AvgIpc) is 3.35. The van der Waals surface area contributed by atoms with Gasteiger partial charge in [0.1, 0.15) is 5.75 Å². The predicted molar refractivity (Wildman–Crippen MR) is 140 cm³/mol. The number of hydrogen-bond donors (Lipinski definition) is 3. The van der Waals surface area contributed by atoms with E-state index in [0.717, 1.165) is 36.1 Å². The van der Waals surface area contributed by atoms with Crippen LogP contribution in [0.5, 0.6) is 5.75 Å². The second kappa shape index (κ2) is 13.1. The largest absolute Gasteiger partial charge is 0.490 e. The van der Waals surface area contributed by atoms with Crippen LogP contribution in [0.3, 0.4) is 0 Å². The number of rotatable bonds is 8. The van der Waals surface area contributed by atoms with Gasteiger partial charge in [0.15, 0.2) is 0 Å². The number of halogens is 4. The first-order chi connectivity index (χ1) is 18.8. The van der Waals surface area contributed by atoms with Gasteiger partial charge in [0.2, 0.25) is 5.82 Å². The topological polar surface area (TPSA) is 135 Å². The average molecular weight is 584 g/mol. The molecule has 0 spiro atoms. The molecule has 0 saturated heterocycles. The van der Waals surface area contributed by atoms with Crippen LogP contribution in [-0.4, -0.2) is 51.1 Å². The molecule has 1 atom stereocenters. The first kappa shape index (κ1) is 30.9. The molecular weight excluding hydrogens is 555 g/mol. The standard InChI is InChI=1S/C25H28ClN3O4.C2HF3O2/c1-14(2)32-22-10-7-16(13-20(22)26)25-28-24(29-33-25)18-8-9-19-17(15(18)3)11-12-27-21(19)5-4-6-23(30)31;3-2(4,5)1(6)7/h7-10,13-14,21,27H,4-6,11-12H2,1-3H3,(H,30,31);(H,6,7). The number of benzene rings is 2. The maximum atomic E-state index is 10.9. The van der Waals surface area contributed by atoms with Crippen molar-refractivity contribution in [1.29, 1.82) is 0 Å². The highest BCUT2D eigenvalue weighted by molar-refractivity contribution is 6.32. The minimum Gasteiger partial charge on any atom is -0.489 e. The summed E-state index contributed by atoms with van der Waals surface area (Å²) in [5.41, 5.74) is 5.29. The van der Waals surface area contributed by atoms with Gasteiger partial charge < -0.3 is 24.8 Å². The Bertz CT molecular complexity index is 1360. The summed E-state index contributed by atoms with van der Waals surface area (Å²) in [7, 11) is 0. The lowest BCUT2D eigenvalue weighted by Gasteiger charge is -2.29. The van der Waals surface area contributed by atoms with Crippen LogP contribution in [0.4, 0.5) is 13.2 Å². The van der Waals surface area contributed by atoms with Gasteiger partial charge in [-0.25, -0.2) is 4.79 Å². The third kappa shape index (κ3) is 7.95. The Morgan fingerprint density at radius 2 is 1.93 bits per heavy atom. The Morgan fingerprint density at radius 1 is 1.23 bits per heavy atom. The molecule has 0 radical (unpaired) electrons. The van der Waals surface area contributed by atoms with Crippen molar-refractivity contribution in [2.45, 2.75) is 64.8 Å². The van der Waals surface area contributed by atoms with Crippen LogP contribution < -0.4 is 10.1 Å². The maximum absolute atomic E-state index is 10.9. The first-order valence-electron chi connectivity index (χ1n) is 12.5. The van der Waals surface area contributed by atoms with Gasteiger partial charge in [0, 0.05) is 23.6 Å². The van der Waals surface area contributed by atoms with E-state index in [9.17, 15) is 18.0 Å². The van der Waals surface area contributed by atoms with Gasteiger partial charge in [-0.2, -0.15) is 18.2 Å². The summed E-state index contributed by atoms with van der Waals surface area (Å²) in [6.07, 6.45) is -2.53. The van der Waals surface area contributed by atoms with E-state index in [-0.39, 0.29) is 18.6 Å². The minimum atomic E-state index is -5.08. The van der Waals surface area contributed by atoms with Gasteiger partial charge in [-0.05, 0) is 81.5 Å². The normalized spacial score (nSPS) is 14.8. The van der Waals surface area contributed by atoms with Crippen molar-refractivity contribution in [3.63, 3.8) is 0 Å². The Hall–Kier alpha value is -3.64. The van der Waals surface area contributed by atoms with Crippen molar-refractivity contribution in [2.75, 3.05) is 6.54 Å². The molecule has 2 heterocycles. The van der Waals surface area contributed by atoms with Crippen molar-refractivity contribution >= 4 is 23.5 Å². The lowest BCUT2D eigenvalue weighted by atomic mass is 9.86. The molecule has 1 unspecified atom stereocenters. The number of carboxylic acids is 2.